The molecule has 3 N–H and O–H groups in total. The van der Waals surface area contributed by atoms with Crippen LogP contribution in [0.4, 0.5) is 5.69 Å². The maximum atomic E-state index is 12.2. The molecule has 6 nitrogen and oxygen atoms in total. The van der Waals surface area contributed by atoms with Gasteiger partial charge in [0.2, 0.25) is 0 Å². The number of nitrogens with two attached hydrogens (primary N) is 1. The molecule has 0 aliphatic carbocycles. The van der Waals surface area contributed by atoms with E-state index in [1.54, 1.807) is 18.2 Å². The van der Waals surface area contributed by atoms with Crippen LogP contribution in [-0.2, 0) is 16.0 Å². The molecule has 0 bridgehead atoms. The van der Waals surface area contributed by atoms with E-state index in [0.717, 1.165) is 29.0 Å². The number of hydrogen-bond acceptors (Lipinski definition) is 5. The molecule has 7 heteroatoms. The number of carbonyl (C=O) groups excluding carboxylic acids is 1. The van der Waals surface area contributed by atoms with Crippen LogP contribution in [0.25, 0.3) is 11.0 Å². The van der Waals surface area contributed by atoms with Gasteiger partial charge in [-0.15, -0.1) is 0 Å². The predicted octanol–water partition coefficient (Wildman–Crippen LogP) is 2.25. The second-order valence-electron chi connectivity index (χ2n) is 5.98. The number of anilines is 1. The van der Waals surface area contributed by atoms with Gasteiger partial charge in [0.25, 0.3) is 0 Å². The SMILES string of the molecule is Cc1c(CC(=O)[AsH]CCCCCC(=O)O)c(=O)oc2cc(N)ccc12. The van der Waals surface area contributed by atoms with E-state index in [-0.39, 0.29) is 17.4 Å². The van der Waals surface area contributed by atoms with Crippen molar-refractivity contribution < 1.29 is 19.1 Å². The zero-order chi connectivity index (χ0) is 18.4. The van der Waals surface area contributed by atoms with Crippen LogP contribution < -0.4 is 11.4 Å². The Labute approximate surface area is 152 Å². The van der Waals surface area contributed by atoms with Crippen LogP contribution >= 0.6 is 0 Å². The van der Waals surface area contributed by atoms with Crippen LogP contribution in [0.15, 0.2) is 27.4 Å². The summed E-state index contributed by atoms with van der Waals surface area (Å²) in [6.07, 6.45) is 2.62. The Morgan fingerprint density at radius 1 is 1.24 bits per heavy atom. The van der Waals surface area contributed by atoms with Gasteiger partial charge < -0.3 is 0 Å². The summed E-state index contributed by atoms with van der Waals surface area (Å²) in [6, 6.07) is 5.15. The van der Waals surface area contributed by atoms with Gasteiger partial charge in [-0.3, -0.25) is 0 Å². The monoisotopic (exact) mass is 407 g/mol. The van der Waals surface area contributed by atoms with Crippen molar-refractivity contribution in [3.8, 4) is 0 Å². The second-order valence-corrected chi connectivity index (χ2v) is 8.94. The second kappa shape index (κ2) is 8.86. The fourth-order valence-corrected chi connectivity index (χ4v) is 4.76. The molecule has 1 atom stereocenters. The van der Waals surface area contributed by atoms with Gasteiger partial charge in [0, 0.05) is 0 Å². The van der Waals surface area contributed by atoms with Gasteiger partial charge in [0.1, 0.15) is 0 Å². The van der Waals surface area contributed by atoms with E-state index < -0.39 is 27.3 Å². The number of aryl methyl sites for hydroxylation is 1. The topological polar surface area (TPSA) is 111 Å². The molecule has 0 aliphatic rings. The molecule has 1 aromatic heterocycles. The van der Waals surface area contributed by atoms with Crippen molar-refractivity contribution in [3.63, 3.8) is 0 Å². The number of rotatable bonds is 9. The molecule has 0 aliphatic heterocycles. The molecule has 0 saturated heterocycles. The van der Waals surface area contributed by atoms with E-state index >= 15 is 0 Å². The van der Waals surface area contributed by atoms with Crippen LogP contribution in [0, 0.1) is 6.92 Å². The Morgan fingerprint density at radius 2 is 2.00 bits per heavy atom. The number of carbonyl (C=O) groups is 2. The van der Waals surface area contributed by atoms with Crippen LogP contribution in [0.3, 0.4) is 0 Å². The van der Waals surface area contributed by atoms with Crippen molar-refractivity contribution in [2.45, 2.75) is 44.2 Å². The average molecular weight is 407 g/mol. The van der Waals surface area contributed by atoms with Crippen molar-refractivity contribution >= 4 is 42.9 Å². The van der Waals surface area contributed by atoms with E-state index in [4.69, 9.17) is 15.3 Å². The third-order valence-electron chi connectivity index (χ3n) is 4.04. The predicted molar refractivity (Wildman–Crippen MR) is 98.4 cm³/mol. The van der Waals surface area contributed by atoms with Crippen LogP contribution in [0.2, 0.25) is 5.21 Å². The molecule has 0 saturated carbocycles. The molecule has 1 aromatic carbocycles. The molecule has 0 radical (unpaired) electrons. The molecular formula is C18H22AsNO5. The number of benzene rings is 1. The van der Waals surface area contributed by atoms with Gasteiger partial charge in [-0.05, 0) is 0 Å². The van der Waals surface area contributed by atoms with Crippen molar-refractivity contribution in [2.24, 2.45) is 0 Å². The van der Waals surface area contributed by atoms with Gasteiger partial charge in [-0.1, -0.05) is 0 Å². The maximum absolute atomic E-state index is 12.2. The van der Waals surface area contributed by atoms with Crippen LogP contribution in [0.5, 0.6) is 0 Å². The molecule has 134 valence electrons. The third-order valence-corrected chi connectivity index (χ3v) is 6.50. The van der Waals surface area contributed by atoms with Gasteiger partial charge >= 0.3 is 152 Å². The van der Waals surface area contributed by atoms with Gasteiger partial charge in [0.15, 0.2) is 0 Å². The zero-order valence-corrected chi connectivity index (χ0v) is 16.2. The van der Waals surface area contributed by atoms with Crippen molar-refractivity contribution in [2.75, 3.05) is 5.73 Å². The summed E-state index contributed by atoms with van der Waals surface area (Å²) >= 11 is -0.801. The van der Waals surface area contributed by atoms with Gasteiger partial charge in [-0.25, -0.2) is 0 Å². The normalized spacial score (nSPS) is 11.4. The summed E-state index contributed by atoms with van der Waals surface area (Å²) in [5, 5.41) is 10.2. The summed E-state index contributed by atoms with van der Waals surface area (Å²) < 4.78 is 5.42. The molecule has 2 aromatic rings. The minimum absolute atomic E-state index is 0.114. The molecule has 25 heavy (non-hydrogen) atoms. The number of carboxylic acids is 1. The summed E-state index contributed by atoms with van der Waals surface area (Å²) in [4.78, 5) is 34.8. The average Bonchev–Trinajstić information content (AvgIpc) is 2.54. The zero-order valence-electron chi connectivity index (χ0n) is 14.1. The van der Waals surface area contributed by atoms with E-state index in [9.17, 15) is 14.4 Å². The molecule has 2 rings (SSSR count). The molecular weight excluding hydrogens is 385 g/mol. The quantitative estimate of drug-likeness (QED) is 0.286. The first-order chi connectivity index (χ1) is 11.9. The summed E-state index contributed by atoms with van der Waals surface area (Å²) in [6.45, 7) is 1.82. The number of aliphatic carboxylic acids is 1. The molecule has 1 unspecified atom stereocenters. The fraction of sp³-hybridized carbons (Fsp3) is 0.389. The summed E-state index contributed by atoms with van der Waals surface area (Å²) in [5.74, 6) is -0.785. The number of nitrogen functional groups attached to an aromatic ring is 1. The Bertz CT molecular complexity index is 843. The van der Waals surface area contributed by atoms with Crippen LogP contribution in [-0.4, -0.2) is 31.4 Å². The first-order valence-corrected chi connectivity index (χ1v) is 10.7. The minimum atomic E-state index is -0.801. The first kappa shape index (κ1) is 19.3. The summed E-state index contributed by atoms with van der Waals surface area (Å²) in [5.41, 5.74) is 7.39. The first-order valence-electron chi connectivity index (χ1n) is 8.19. The van der Waals surface area contributed by atoms with E-state index in [1.165, 1.54) is 0 Å². The van der Waals surface area contributed by atoms with E-state index in [2.05, 4.69) is 0 Å². The fourth-order valence-electron chi connectivity index (χ4n) is 2.64. The Hall–Kier alpha value is -2.07. The van der Waals surface area contributed by atoms with Crippen molar-refractivity contribution in [1.82, 2.24) is 0 Å². The number of hydrogen-bond donors (Lipinski definition) is 2. The van der Waals surface area contributed by atoms with Gasteiger partial charge in [-0.2, -0.15) is 0 Å². The number of unbranched alkanes of at least 4 members (excludes halogenated alkanes) is 2. The molecule has 1 heterocycles. The third kappa shape index (κ3) is 5.46. The summed E-state index contributed by atoms with van der Waals surface area (Å²) in [7, 11) is 0. The van der Waals surface area contributed by atoms with Crippen molar-refractivity contribution in [1.29, 1.82) is 0 Å². The Morgan fingerprint density at radius 3 is 2.72 bits per heavy atom. The number of carboxylic acid groups (broad SMARTS) is 1. The van der Waals surface area contributed by atoms with Crippen molar-refractivity contribution in [3.05, 3.63) is 39.7 Å². The standard InChI is InChI=1S/C18H22AsNO5/c1-11-13-7-6-12(20)9-15(13)25-18(24)14(11)10-16(21)19-8-4-2-3-5-17(22)23/h6-7,9,19H,2-5,8,10,20H2,1H3,(H,22,23). The molecule has 0 amide bonds. The van der Waals surface area contributed by atoms with E-state index in [1.807, 2.05) is 6.92 Å². The Balaban J connectivity index is 1.96. The van der Waals surface area contributed by atoms with E-state index in [0.29, 0.717) is 23.3 Å². The Kier molecular flexibility index (Phi) is 6.82. The molecule has 0 fully saturated rings. The van der Waals surface area contributed by atoms with Crippen LogP contribution in [0.1, 0.15) is 36.8 Å². The number of fused-ring (bicyclic) bond motifs is 1. The van der Waals surface area contributed by atoms with Gasteiger partial charge in [0.05, 0.1) is 0 Å². The molecule has 0 spiro atoms.